The smallest absolute Gasteiger partial charge is 0.265 e. The topological polar surface area (TPSA) is 77.1 Å². The van der Waals surface area contributed by atoms with E-state index in [1.54, 1.807) is 25.3 Å². The summed E-state index contributed by atoms with van der Waals surface area (Å²) in [6.07, 6.45) is 2.52. The van der Waals surface area contributed by atoms with Crippen molar-refractivity contribution in [3.8, 4) is 17.2 Å². The number of hydrogen-bond donors (Lipinski definition) is 1. The maximum absolute atomic E-state index is 13.2. The minimum atomic E-state index is -3.88. The Morgan fingerprint density at radius 3 is 2.28 bits per heavy atom. The van der Waals surface area contributed by atoms with Crippen molar-refractivity contribution in [2.24, 2.45) is 0 Å². The molecule has 2 aromatic rings. The van der Waals surface area contributed by atoms with E-state index in [-0.39, 0.29) is 10.6 Å². The normalized spacial score (nSPS) is 16.3. The van der Waals surface area contributed by atoms with E-state index in [1.165, 1.54) is 20.3 Å². The Balaban J connectivity index is 2.02. The van der Waals surface area contributed by atoms with E-state index < -0.39 is 10.0 Å². The lowest BCUT2D eigenvalue weighted by Crippen LogP contribution is -2.34. The Bertz CT molecular complexity index is 989. The number of likely N-dealkylation sites (N-methyl/N-ethyl adjacent to an activating group) is 1. The molecule has 0 spiro atoms. The maximum Gasteiger partial charge on any atom is 0.265 e. The van der Waals surface area contributed by atoms with Gasteiger partial charge in [0.05, 0.1) is 27.0 Å². The molecule has 7 nitrogen and oxygen atoms in total. The lowest BCUT2D eigenvalue weighted by atomic mass is 9.86. The van der Waals surface area contributed by atoms with Gasteiger partial charge in [0.1, 0.15) is 22.1 Å². The molecule has 0 aromatic heterocycles. The van der Waals surface area contributed by atoms with Gasteiger partial charge in [0, 0.05) is 17.7 Å². The highest BCUT2D eigenvalue weighted by Crippen LogP contribution is 2.37. The molecule has 0 heterocycles. The van der Waals surface area contributed by atoms with Crippen LogP contribution in [0, 0.1) is 0 Å². The van der Waals surface area contributed by atoms with Crippen LogP contribution in [0.15, 0.2) is 35.2 Å². The van der Waals surface area contributed by atoms with Crippen LogP contribution in [0.25, 0.3) is 0 Å². The zero-order chi connectivity index (χ0) is 21.2. The van der Waals surface area contributed by atoms with Crippen LogP contribution in [-0.2, 0) is 22.9 Å². The van der Waals surface area contributed by atoms with Gasteiger partial charge in [-0.3, -0.25) is 4.72 Å². The van der Waals surface area contributed by atoms with E-state index >= 15 is 0 Å². The van der Waals surface area contributed by atoms with Gasteiger partial charge in [-0.1, -0.05) is 0 Å². The number of nitrogens with zero attached hydrogens (tertiary/aromatic N) is 1. The van der Waals surface area contributed by atoms with Crippen molar-refractivity contribution in [2.45, 2.75) is 30.2 Å². The molecule has 2 aromatic carbocycles. The van der Waals surface area contributed by atoms with Gasteiger partial charge in [0.25, 0.3) is 10.0 Å². The number of rotatable bonds is 7. The minimum Gasteiger partial charge on any atom is -0.497 e. The van der Waals surface area contributed by atoms with E-state index in [1.807, 2.05) is 6.07 Å². The summed E-state index contributed by atoms with van der Waals surface area (Å²) < 4.78 is 45.1. The van der Waals surface area contributed by atoms with E-state index in [0.29, 0.717) is 17.5 Å². The van der Waals surface area contributed by atoms with Crippen LogP contribution in [0.2, 0.25) is 0 Å². The van der Waals surface area contributed by atoms with Gasteiger partial charge in [-0.15, -0.1) is 0 Å². The molecule has 158 valence electrons. The summed E-state index contributed by atoms with van der Waals surface area (Å²) in [5.41, 5.74) is 2.60. The number of benzene rings is 2. The van der Waals surface area contributed by atoms with Gasteiger partial charge in [0.15, 0.2) is 0 Å². The van der Waals surface area contributed by atoms with Crippen molar-refractivity contribution in [3.63, 3.8) is 0 Å². The van der Waals surface area contributed by atoms with Gasteiger partial charge in [0.2, 0.25) is 0 Å². The first-order valence-corrected chi connectivity index (χ1v) is 10.9. The summed E-state index contributed by atoms with van der Waals surface area (Å²) in [6.45, 7) is 0. The van der Waals surface area contributed by atoms with Gasteiger partial charge < -0.3 is 19.1 Å². The van der Waals surface area contributed by atoms with Gasteiger partial charge in [-0.25, -0.2) is 8.42 Å². The molecule has 0 radical (unpaired) electrons. The molecule has 1 aliphatic rings. The maximum atomic E-state index is 13.2. The third-order valence-corrected chi connectivity index (χ3v) is 6.80. The highest BCUT2D eigenvalue weighted by molar-refractivity contribution is 7.92. The number of anilines is 1. The van der Waals surface area contributed by atoms with Crippen molar-refractivity contribution < 1.29 is 22.6 Å². The zero-order valence-electron chi connectivity index (χ0n) is 17.5. The Morgan fingerprint density at radius 2 is 1.66 bits per heavy atom. The lowest BCUT2D eigenvalue weighted by molar-refractivity contribution is 0.265. The van der Waals surface area contributed by atoms with E-state index in [9.17, 15) is 8.42 Å². The largest absolute Gasteiger partial charge is 0.497 e. The predicted molar refractivity (Wildman–Crippen MR) is 113 cm³/mol. The molecule has 29 heavy (non-hydrogen) atoms. The fourth-order valence-corrected chi connectivity index (χ4v) is 5.03. The summed E-state index contributed by atoms with van der Waals surface area (Å²) >= 11 is 0. The average molecular weight is 421 g/mol. The van der Waals surface area contributed by atoms with Crippen molar-refractivity contribution >= 4 is 15.7 Å². The second-order valence-corrected chi connectivity index (χ2v) is 8.91. The second-order valence-electron chi connectivity index (χ2n) is 7.26. The Morgan fingerprint density at radius 1 is 0.966 bits per heavy atom. The van der Waals surface area contributed by atoms with Crippen LogP contribution in [0.3, 0.4) is 0 Å². The van der Waals surface area contributed by atoms with Crippen molar-refractivity contribution in [1.82, 2.24) is 4.90 Å². The summed E-state index contributed by atoms with van der Waals surface area (Å²) in [6, 6.07) is 8.67. The predicted octanol–water partition coefficient (Wildman–Crippen LogP) is 2.93. The second kappa shape index (κ2) is 8.51. The molecule has 0 saturated carbocycles. The Hall–Kier alpha value is -2.45. The van der Waals surface area contributed by atoms with Gasteiger partial charge in [-0.2, -0.15) is 0 Å². The fourth-order valence-electron chi connectivity index (χ4n) is 3.75. The van der Waals surface area contributed by atoms with E-state index in [4.69, 9.17) is 14.2 Å². The number of nitrogens with one attached hydrogen (secondary N) is 1. The summed E-state index contributed by atoms with van der Waals surface area (Å²) in [4.78, 5) is 2.23. The third kappa shape index (κ3) is 4.28. The standard InChI is InChI=1S/C21H28N2O5S/c1-23(2)14-6-8-16-17(12-14)19(27-4)11-9-18(16)22-29(24,25)21-13-15(26-3)7-10-20(21)28-5/h7,9-11,13-14,22H,6,8,12H2,1-5H3. The van der Waals surface area contributed by atoms with E-state index in [0.717, 1.165) is 36.1 Å². The molecule has 1 unspecified atom stereocenters. The molecular formula is C21H28N2O5S. The van der Waals surface area contributed by atoms with E-state index in [2.05, 4.69) is 23.7 Å². The summed E-state index contributed by atoms with van der Waals surface area (Å²) in [5.74, 6) is 1.48. The first kappa shape index (κ1) is 21.3. The number of fused-ring (bicyclic) bond motifs is 1. The molecule has 8 heteroatoms. The molecular weight excluding hydrogens is 392 g/mol. The molecule has 0 amide bonds. The van der Waals surface area contributed by atoms with Gasteiger partial charge >= 0.3 is 0 Å². The third-order valence-electron chi connectivity index (χ3n) is 5.41. The van der Waals surface area contributed by atoms with Crippen LogP contribution >= 0.6 is 0 Å². The Labute approximate surface area is 172 Å². The number of methoxy groups -OCH3 is 3. The van der Waals surface area contributed by atoms with Crippen molar-refractivity contribution in [1.29, 1.82) is 0 Å². The molecule has 3 rings (SSSR count). The quantitative estimate of drug-likeness (QED) is 0.742. The molecule has 0 aliphatic heterocycles. The fraction of sp³-hybridized carbons (Fsp3) is 0.429. The minimum absolute atomic E-state index is 0.0332. The molecule has 0 bridgehead atoms. The summed E-state index contributed by atoms with van der Waals surface area (Å²) in [7, 11) is 4.81. The van der Waals surface area contributed by atoms with Crippen LogP contribution in [0.4, 0.5) is 5.69 Å². The zero-order valence-corrected chi connectivity index (χ0v) is 18.3. The first-order valence-electron chi connectivity index (χ1n) is 9.40. The van der Waals surface area contributed by atoms with Crippen molar-refractivity contribution in [2.75, 3.05) is 40.1 Å². The first-order chi connectivity index (χ1) is 13.8. The molecule has 1 atom stereocenters. The molecule has 1 N–H and O–H groups in total. The summed E-state index contributed by atoms with van der Waals surface area (Å²) in [5, 5.41) is 0. The number of sulfonamides is 1. The van der Waals surface area contributed by atoms with Crippen LogP contribution in [0.1, 0.15) is 17.5 Å². The lowest BCUT2D eigenvalue weighted by Gasteiger charge is -2.32. The SMILES string of the molecule is COc1ccc(OC)c(S(=O)(=O)Nc2ccc(OC)c3c2CCC(N(C)C)C3)c1. The molecule has 0 saturated heterocycles. The van der Waals surface area contributed by atoms with Crippen LogP contribution < -0.4 is 18.9 Å². The average Bonchev–Trinajstić information content (AvgIpc) is 2.72. The van der Waals surface area contributed by atoms with Gasteiger partial charge in [-0.05, 0) is 63.2 Å². The number of hydrogen-bond acceptors (Lipinski definition) is 6. The highest BCUT2D eigenvalue weighted by Gasteiger charge is 2.28. The van der Waals surface area contributed by atoms with Crippen molar-refractivity contribution in [3.05, 3.63) is 41.5 Å². The van der Waals surface area contributed by atoms with Crippen LogP contribution in [0.5, 0.6) is 17.2 Å². The monoisotopic (exact) mass is 420 g/mol. The Kier molecular flexibility index (Phi) is 6.24. The number of ether oxygens (including phenoxy) is 3. The highest BCUT2D eigenvalue weighted by atomic mass is 32.2. The van der Waals surface area contributed by atoms with Crippen LogP contribution in [-0.4, -0.2) is 54.8 Å². The molecule has 0 fully saturated rings. The molecule has 1 aliphatic carbocycles.